The van der Waals surface area contributed by atoms with E-state index in [1.807, 2.05) is 0 Å². The normalized spacial score (nSPS) is 36.9. The molecule has 2 heterocycles. The van der Waals surface area contributed by atoms with Crippen molar-refractivity contribution in [2.24, 2.45) is 5.92 Å². The fourth-order valence-corrected chi connectivity index (χ4v) is 2.68. The zero-order chi connectivity index (χ0) is 8.93. The molecule has 0 unspecified atom stereocenters. The van der Waals surface area contributed by atoms with Gasteiger partial charge in [-0.2, -0.15) is 0 Å². The Hall–Kier alpha value is -0.0800. The largest absolute Gasteiger partial charge is 0.316 e. The van der Waals surface area contributed by atoms with Gasteiger partial charge >= 0.3 is 0 Å². The van der Waals surface area contributed by atoms with Crippen LogP contribution in [0.15, 0.2) is 0 Å². The number of hydrogen-bond donors (Lipinski definition) is 2. The van der Waals surface area contributed by atoms with E-state index in [0.717, 1.165) is 12.0 Å². The number of nitrogens with one attached hydrogen (secondary N) is 2. The van der Waals surface area contributed by atoms with Crippen LogP contribution in [0.25, 0.3) is 0 Å². The standard InChI is InChI=1S/C11H22N2/c1-2-6-11(13-8-3-1)10-5-4-7-12-9-10/h10-13H,1-9H2/t10-,11-/m1/s1. The van der Waals surface area contributed by atoms with Gasteiger partial charge in [0.15, 0.2) is 0 Å². The first-order valence-electron chi connectivity index (χ1n) is 5.91. The van der Waals surface area contributed by atoms with Crippen LogP contribution in [-0.4, -0.2) is 25.7 Å². The van der Waals surface area contributed by atoms with Crippen LogP contribution in [0.4, 0.5) is 0 Å². The van der Waals surface area contributed by atoms with Gasteiger partial charge in [0.25, 0.3) is 0 Å². The van der Waals surface area contributed by atoms with E-state index in [1.165, 1.54) is 58.2 Å². The molecule has 0 bridgehead atoms. The Balaban J connectivity index is 1.82. The summed E-state index contributed by atoms with van der Waals surface area (Å²) < 4.78 is 0. The van der Waals surface area contributed by atoms with Gasteiger partial charge in [-0.25, -0.2) is 0 Å². The third kappa shape index (κ3) is 2.68. The van der Waals surface area contributed by atoms with Crippen LogP contribution in [0.2, 0.25) is 0 Å². The molecule has 0 aromatic carbocycles. The van der Waals surface area contributed by atoms with Crippen LogP contribution >= 0.6 is 0 Å². The zero-order valence-corrected chi connectivity index (χ0v) is 8.52. The lowest BCUT2D eigenvalue weighted by Gasteiger charge is -2.30. The van der Waals surface area contributed by atoms with E-state index in [0.29, 0.717) is 0 Å². The van der Waals surface area contributed by atoms with Crippen LogP contribution in [0.5, 0.6) is 0 Å². The van der Waals surface area contributed by atoms with Gasteiger partial charge in [-0.3, -0.25) is 0 Å². The summed E-state index contributed by atoms with van der Waals surface area (Å²) in [5.74, 6) is 0.909. The highest BCUT2D eigenvalue weighted by Crippen LogP contribution is 2.20. The Kier molecular flexibility index (Phi) is 3.62. The third-order valence-electron chi connectivity index (χ3n) is 3.50. The fourth-order valence-electron chi connectivity index (χ4n) is 2.68. The zero-order valence-electron chi connectivity index (χ0n) is 8.52. The molecule has 13 heavy (non-hydrogen) atoms. The highest BCUT2D eigenvalue weighted by molar-refractivity contribution is 4.82. The van der Waals surface area contributed by atoms with Gasteiger partial charge in [-0.1, -0.05) is 12.8 Å². The van der Waals surface area contributed by atoms with Crippen molar-refractivity contribution in [2.75, 3.05) is 19.6 Å². The maximum Gasteiger partial charge on any atom is 0.0107 e. The quantitative estimate of drug-likeness (QED) is 0.642. The molecule has 2 fully saturated rings. The molecule has 2 heteroatoms. The highest BCUT2D eigenvalue weighted by atomic mass is 15.0. The van der Waals surface area contributed by atoms with Crippen LogP contribution in [0, 0.1) is 5.92 Å². The minimum Gasteiger partial charge on any atom is -0.316 e. The lowest BCUT2D eigenvalue weighted by molar-refractivity contribution is 0.279. The van der Waals surface area contributed by atoms with Gasteiger partial charge in [-0.05, 0) is 51.2 Å². The lowest BCUT2D eigenvalue weighted by atomic mass is 9.89. The van der Waals surface area contributed by atoms with E-state index in [1.54, 1.807) is 0 Å². The summed E-state index contributed by atoms with van der Waals surface area (Å²) >= 11 is 0. The molecule has 0 spiro atoms. The summed E-state index contributed by atoms with van der Waals surface area (Å²) in [6.07, 6.45) is 8.48. The minimum atomic E-state index is 0.815. The van der Waals surface area contributed by atoms with E-state index in [-0.39, 0.29) is 0 Å². The summed E-state index contributed by atoms with van der Waals surface area (Å²) in [6.45, 7) is 3.74. The monoisotopic (exact) mass is 182 g/mol. The Morgan fingerprint density at radius 3 is 2.69 bits per heavy atom. The van der Waals surface area contributed by atoms with E-state index in [9.17, 15) is 0 Å². The Labute approximate surface area is 81.5 Å². The van der Waals surface area contributed by atoms with Crippen LogP contribution < -0.4 is 10.6 Å². The van der Waals surface area contributed by atoms with Crippen molar-refractivity contribution >= 4 is 0 Å². The van der Waals surface area contributed by atoms with Crippen LogP contribution in [-0.2, 0) is 0 Å². The first kappa shape index (κ1) is 9.47. The Morgan fingerprint density at radius 2 is 1.85 bits per heavy atom. The molecule has 0 radical (unpaired) electrons. The van der Waals surface area contributed by atoms with E-state index in [4.69, 9.17) is 0 Å². The smallest absolute Gasteiger partial charge is 0.0107 e. The topological polar surface area (TPSA) is 24.1 Å². The van der Waals surface area contributed by atoms with Crippen molar-refractivity contribution in [3.63, 3.8) is 0 Å². The molecule has 0 aromatic rings. The number of hydrogen-bond acceptors (Lipinski definition) is 2. The lowest BCUT2D eigenvalue weighted by Crippen LogP contribution is -2.43. The molecule has 2 saturated heterocycles. The minimum absolute atomic E-state index is 0.815. The molecule has 2 aliphatic rings. The van der Waals surface area contributed by atoms with E-state index < -0.39 is 0 Å². The highest BCUT2D eigenvalue weighted by Gasteiger charge is 2.23. The van der Waals surface area contributed by atoms with Crippen molar-refractivity contribution in [3.05, 3.63) is 0 Å². The Morgan fingerprint density at radius 1 is 0.846 bits per heavy atom. The molecule has 76 valence electrons. The average molecular weight is 182 g/mol. The van der Waals surface area contributed by atoms with Gasteiger partial charge in [0, 0.05) is 6.04 Å². The second-order valence-corrected chi connectivity index (χ2v) is 4.52. The number of piperidine rings is 1. The molecular formula is C11H22N2. The SMILES string of the molecule is C1CCN[C@@H]([C@@H]2CCCNC2)CC1. The third-order valence-corrected chi connectivity index (χ3v) is 3.50. The van der Waals surface area contributed by atoms with Crippen molar-refractivity contribution < 1.29 is 0 Å². The van der Waals surface area contributed by atoms with Gasteiger partial charge in [0.1, 0.15) is 0 Å². The Bertz CT molecular complexity index is 133. The summed E-state index contributed by atoms with van der Waals surface area (Å²) in [5, 5.41) is 7.22. The van der Waals surface area contributed by atoms with Crippen molar-refractivity contribution in [3.8, 4) is 0 Å². The first-order chi connectivity index (χ1) is 6.47. The molecule has 2 rings (SSSR count). The molecule has 2 nitrogen and oxygen atoms in total. The molecule has 2 N–H and O–H groups in total. The van der Waals surface area contributed by atoms with Crippen LogP contribution in [0.3, 0.4) is 0 Å². The van der Waals surface area contributed by atoms with Crippen molar-refractivity contribution in [2.45, 2.75) is 44.6 Å². The van der Waals surface area contributed by atoms with Gasteiger partial charge in [0.05, 0.1) is 0 Å². The van der Waals surface area contributed by atoms with Gasteiger partial charge in [0.2, 0.25) is 0 Å². The molecule has 0 aromatic heterocycles. The maximum absolute atomic E-state index is 3.71. The van der Waals surface area contributed by atoms with Gasteiger partial charge < -0.3 is 10.6 Å². The molecular weight excluding hydrogens is 160 g/mol. The van der Waals surface area contributed by atoms with Crippen molar-refractivity contribution in [1.82, 2.24) is 10.6 Å². The summed E-state index contributed by atoms with van der Waals surface area (Å²) in [4.78, 5) is 0. The van der Waals surface area contributed by atoms with Crippen LogP contribution in [0.1, 0.15) is 38.5 Å². The molecule has 0 amide bonds. The predicted molar refractivity (Wildman–Crippen MR) is 55.9 cm³/mol. The molecule has 2 atom stereocenters. The van der Waals surface area contributed by atoms with E-state index in [2.05, 4.69) is 10.6 Å². The van der Waals surface area contributed by atoms with E-state index >= 15 is 0 Å². The van der Waals surface area contributed by atoms with Crippen molar-refractivity contribution in [1.29, 1.82) is 0 Å². The predicted octanol–water partition coefficient (Wildman–Crippen LogP) is 1.52. The maximum atomic E-state index is 3.71. The number of rotatable bonds is 1. The molecule has 0 saturated carbocycles. The molecule has 0 aliphatic carbocycles. The molecule has 2 aliphatic heterocycles. The average Bonchev–Trinajstić information content (AvgIpc) is 2.47. The first-order valence-corrected chi connectivity index (χ1v) is 5.91. The summed E-state index contributed by atoms with van der Waals surface area (Å²) in [6, 6.07) is 0.815. The fraction of sp³-hybridized carbons (Fsp3) is 1.00. The second-order valence-electron chi connectivity index (χ2n) is 4.52. The summed E-state index contributed by atoms with van der Waals surface area (Å²) in [7, 11) is 0. The summed E-state index contributed by atoms with van der Waals surface area (Å²) in [5.41, 5.74) is 0. The van der Waals surface area contributed by atoms with Gasteiger partial charge in [-0.15, -0.1) is 0 Å². The second kappa shape index (κ2) is 4.97.